The number of aryl methyl sites for hydroxylation is 2. The van der Waals surface area contributed by atoms with Crippen molar-refractivity contribution in [3.8, 4) is 0 Å². The Morgan fingerprint density at radius 1 is 1.22 bits per heavy atom. The lowest BCUT2D eigenvalue weighted by Gasteiger charge is -2.44. The van der Waals surface area contributed by atoms with Gasteiger partial charge in [-0.1, -0.05) is 29.8 Å². The van der Waals surface area contributed by atoms with Gasteiger partial charge in [-0.05, 0) is 37.3 Å². The van der Waals surface area contributed by atoms with E-state index in [-0.39, 0.29) is 30.3 Å². The molecule has 0 saturated carbocycles. The van der Waals surface area contributed by atoms with Crippen molar-refractivity contribution in [1.82, 2.24) is 14.9 Å². The number of ketones is 1. The van der Waals surface area contributed by atoms with Gasteiger partial charge in [-0.15, -0.1) is 0 Å². The number of aliphatic imine (C=N–C) groups is 1. The molecule has 0 spiro atoms. The number of piperidine rings is 1. The van der Waals surface area contributed by atoms with Crippen molar-refractivity contribution < 1.29 is 4.79 Å². The molecule has 3 atom stereocenters. The molecule has 1 saturated heterocycles. The lowest BCUT2D eigenvalue weighted by molar-refractivity contribution is -0.114. The summed E-state index contributed by atoms with van der Waals surface area (Å²) in [7, 11) is 2.03. The van der Waals surface area contributed by atoms with Crippen LogP contribution in [0.3, 0.4) is 0 Å². The van der Waals surface area contributed by atoms with Crippen LogP contribution in [0.2, 0.25) is 0 Å². The van der Waals surface area contributed by atoms with Gasteiger partial charge in [-0.3, -0.25) is 9.79 Å². The fourth-order valence-electron chi connectivity index (χ4n) is 4.85. The number of carbonyl (C=O) groups is 1. The number of hydrogen-bond donors (Lipinski definition) is 1. The summed E-state index contributed by atoms with van der Waals surface area (Å²) < 4.78 is 2.08. The van der Waals surface area contributed by atoms with Gasteiger partial charge in [0.1, 0.15) is 12.4 Å². The second kappa shape index (κ2) is 6.27. The maximum atomic E-state index is 12.5. The van der Waals surface area contributed by atoms with Crippen molar-refractivity contribution in [1.29, 1.82) is 0 Å². The summed E-state index contributed by atoms with van der Waals surface area (Å²) in [6.45, 7) is 2.39. The van der Waals surface area contributed by atoms with Gasteiger partial charge in [0, 0.05) is 37.1 Å². The summed E-state index contributed by atoms with van der Waals surface area (Å²) in [4.78, 5) is 22.0. The van der Waals surface area contributed by atoms with Crippen molar-refractivity contribution >= 4 is 11.5 Å². The van der Waals surface area contributed by atoms with Crippen molar-refractivity contribution in [2.45, 2.75) is 44.2 Å². The summed E-state index contributed by atoms with van der Waals surface area (Å²) in [6, 6.07) is 9.05. The quantitative estimate of drug-likeness (QED) is 0.896. The molecule has 3 aliphatic rings. The molecule has 1 fully saturated rings. The number of carbonyl (C=O) groups excluding carboxylic acids is 1. The summed E-state index contributed by atoms with van der Waals surface area (Å²) in [5, 5.41) is 3.86. The van der Waals surface area contributed by atoms with Crippen LogP contribution < -0.4 is 5.32 Å². The zero-order valence-corrected chi connectivity index (χ0v) is 15.8. The molecule has 0 bridgehead atoms. The van der Waals surface area contributed by atoms with E-state index >= 15 is 0 Å². The van der Waals surface area contributed by atoms with Crippen LogP contribution in [0.1, 0.15) is 48.2 Å². The van der Waals surface area contributed by atoms with E-state index in [4.69, 9.17) is 4.99 Å². The molecule has 1 aliphatic carbocycles. The first-order chi connectivity index (χ1) is 13.1. The van der Waals surface area contributed by atoms with Crippen LogP contribution in [0.15, 0.2) is 52.8 Å². The van der Waals surface area contributed by atoms with Gasteiger partial charge >= 0.3 is 0 Å². The zero-order chi connectivity index (χ0) is 18.5. The molecule has 0 amide bonds. The maximum Gasteiger partial charge on any atom is 0.180 e. The van der Waals surface area contributed by atoms with E-state index in [1.54, 1.807) is 0 Å². The molecular formula is C22H24N4O. The molecule has 138 valence electrons. The molecule has 1 N–H and O–H groups in total. The highest BCUT2D eigenvalue weighted by Gasteiger charge is 2.45. The van der Waals surface area contributed by atoms with Gasteiger partial charge in [0.05, 0.1) is 11.6 Å². The third-order valence-corrected chi connectivity index (χ3v) is 6.18. The lowest BCUT2D eigenvalue weighted by atomic mass is 9.71. The Hall–Kier alpha value is -2.53. The highest BCUT2D eigenvalue weighted by molar-refractivity contribution is 6.17. The minimum Gasteiger partial charge on any atom is -0.337 e. The number of benzene rings is 1. The van der Waals surface area contributed by atoms with Crippen molar-refractivity contribution in [2.75, 3.05) is 6.54 Å². The first-order valence-electron chi connectivity index (χ1n) is 9.74. The third-order valence-electron chi connectivity index (χ3n) is 6.18. The average Bonchev–Trinajstić information content (AvgIpc) is 3.10. The fraction of sp³-hybridized carbons (Fsp3) is 0.409. The Kier molecular flexibility index (Phi) is 3.86. The van der Waals surface area contributed by atoms with E-state index in [9.17, 15) is 4.79 Å². The minimum absolute atomic E-state index is 0.0140. The minimum atomic E-state index is 0.0140. The van der Waals surface area contributed by atoms with Crippen LogP contribution >= 0.6 is 0 Å². The number of aromatic nitrogens is 2. The molecule has 0 radical (unpaired) electrons. The number of nitrogens with zero attached hydrogens (tertiary/aromatic N) is 3. The topological polar surface area (TPSA) is 59.3 Å². The number of Topliss-reactive ketones (excluding diaryl/α,β-unsaturated/α-hetero) is 1. The lowest BCUT2D eigenvalue weighted by Crippen LogP contribution is -2.51. The largest absolute Gasteiger partial charge is 0.337 e. The zero-order valence-electron chi connectivity index (χ0n) is 15.8. The van der Waals surface area contributed by atoms with Crippen LogP contribution in [-0.4, -0.2) is 33.6 Å². The molecule has 3 heterocycles. The molecule has 1 aromatic heterocycles. The van der Waals surface area contributed by atoms with E-state index in [0.29, 0.717) is 0 Å². The summed E-state index contributed by atoms with van der Waals surface area (Å²) in [6.07, 6.45) is 6.83. The van der Waals surface area contributed by atoms with Crippen LogP contribution in [0.25, 0.3) is 0 Å². The van der Waals surface area contributed by atoms with Gasteiger partial charge in [0.15, 0.2) is 5.78 Å². The van der Waals surface area contributed by atoms with Gasteiger partial charge < -0.3 is 9.88 Å². The first kappa shape index (κ1) is 16.6. The molecule has 27 heavy (non-hydrogen) atoms. The highest BCUT2D eigenvalue weighted by atomic mass is 16.1. The Bertz CT molecular complexity index is 966. The van der Waals surface area contributed by atoms with Gasteiger partial charge in [0.2, 0.25) is 0 Å². The Balaban J connectivity index is 1.69. The molecule has 1 aromatic carbocycles. The molecular weight excluding hydrogens is 336 g/mol. The molecule has 5 rings (SSSR count). The van der Waals surface area contributed by atoms with Crippen molar-refractivity contribution in [2.24, 2.45) is 12.0 Å². The third kappa shape index (κ3) is 2.60. The van der Waals surface area contributed by atoms with Crippen LogP contribution in [0.4, 0.5) is 0 Å². The molecule has 2 aromatic rings. The van der Waals surface area contributed by atoms with Crippen molar-refractivity contribution in [3.05, 3.63) is 64.8 Å². The summed E-state index contributed by atoms with van der Waals surface area (Å²) >= 11 is 0. The summed E-state index contributed by atoms with van der Waals surface area (Å²) in [5.74, 6) is 1.21. The molecule has 5 nitrogen and oxygen atoms in total. The van der Waals surface area contributed by atoms with E-state index < -0.39 is 0 Å². The van der Waals surface area contributed by atoms with Gasteiger partial charge in [-0.25, -0.2) is 4.98 Å². The van der Waals surface area contributed by atoms with E-state index in [0.717, 1.165) is 41.9 Å². The Labute approximate surface area is 159 Å². The van der Waals surface area contributed by atoms with E-state index in [1.807, 2.05) is 19.4 Å². The Morgan fingerprint density at radius 2 is 2.04 bits per heavy atom. The van der Waals surface area contributed by atoms with E-state index in [2.05, 4.69) is 46.1 Å². The maximum absolute atomic E-state index is 12.5. The van der Waals surface area contributed by atoms with Crippen molar-refractivity contribution in [3.63, 3.8) is 0 Å². The summed E-state index contributed by atoms with van der Waals surface area (Å²) in [5.41, 5.74) is 5.75. The molecule has 2 aliphatic heterocycles. The number of rotatable bonds is 2. The Morgan fingerprint density at radius 3 is 2.78 bits per heavy atom. The van der Waals surface area contributed by atoms with Gasteiger partial charge in [0.25, 0.3) is 0 Å². The van der Waals surface area contributed by atoms with Crippen LogP contribution in [0.5, 0.6) is 0 Å². The smallest absolute Gasteiger partial charge is 0.180 e. The number of hydrogen-bond acceptors (Lipinski definition) is 4. The average molecular weight is 360 g/mol. The predicted molar refractivity (Wildman–Crippen MR) is 105 cm³/mol. The number of nitrogens with one attached hydrogen (secondary N) is 1. The van der Waals surface area contributed by atoms with E-state index in [1.165, 1.54) is 11.1 Å². The molecule has 3 unspecified atom stereocenters. The number of imidazole rings is 1. The first-order valence-corrected chi connectivity index (χ1v) is 9.74. The second-order valence-electron chi connectivity index (χ2n) is 7.89. The monoisotopic (exact) mass is 360 g/mol. The molecule has 5 heteroatoms. The SMILES string of the molecule is Cc1ccc(C2NC3CCCC4=C3C(=NCC4=O)C2c2nccn2C)cc1. The fourth-order valence-corrected chi connectivity index (χ4v) is 4.85. The van der Waals surface area contributed by atoms with Crippen LogP contribution in [0, 0.1) is 6.92 Å². The number of dihydropyridines is 1. The normalized spacial score (nSPS) is 27.4. The highest BCUT2D eigenvalue weighted by Crippen LogP contribution is 2.44. The van der Waals surface area contributed by atoms with Gasteiger partial charge in [-0.2, -0.15) is 0 Å². The van der Waals surface area contributed by atoms with Crippen LogP contribution in [-0.2, 0) is 11.8 Å². The standard InChI is InChI=1S/C22H24N4O/c1-13-6-8-14(9-7-13)20-19(22-23-10-11-26(22)2)21-18-15(17(27)12-24-21)4-3-5-16(18)25-20/h6-11,16,19-20,25H,3-5,12H2,1-2H3. The predicted octanol–water partition coefficient (Wildman–Crippen LogP) is 3.03. The second-order valence-corrected chi connectivity index (χ2v) is 7.89.